The molecule has 220 valence electrons. The zero-order valence-electron chi connectivity index (χ0n) is 25.3. The predicted octanol–water partition coefficient (Wildman–Crippen LogP) is 9.64. The molecule has 0 bridgehead atoms. The van der Waals surface area contributed by atoms with Crippen LogP contribution in [0.1, 0.15) is 23.0 Å². The van der Waals surface area contributed by atoms with E-state index in [1.165, 1.54) is 32.3 Å². The van der Waals surface area contributed by atoms with E-state index in [9.17, 15) is 0 Å². The molecular formula is C42H27N5. The Morgan fingerprint density at radius 3 is 2.28 bits per heavy atom. The van der Waals surface area contributed by atoms with Gasteiger partial charge in [0.1, 0.15) is 5.82 Å². The highest BCUT2D eigenvalue weighted by molar-refractivity contribution is 6.24. The van der Waals surface area contributed by atoms with Crippen molar-refractivity contribution in [2.75, 3.05) is 0 Å². The molecule has 5 nitrogen and oxygen atoms in total. The maximum absolute atomic E-state index is 5.31. The van der Waals surface area contributed by atoms with Crippen LogP contribution in [0.4, 0.5) is 0 Å². The van der Waals surface area contributed by atoms with Gasteiger partial charge in [0.2, 0.25) is 0 Å². The number of pyridine rings is 3. The van der Waals surface area contributed by atoms with Crippen LogP contribution in [0.15, 0.2) is 152 Å². The fourth-order valence-corrected chi connectivity index (χ4v) is 7.41. The summed E-state index contributed by atoms with van der Waals surface area (Å²) in [6.07, 6.45) is 10.1. The van der Waals surface area contributed by atoms with Crippen molar-refractivity contribution < 1.29 is 0 Å². The van der Waals surface area contributed by atoms with Gasteiger partial charge in [0, 0.05) is 46.2 Å². The van der Waals surface area contributed by atoms with Crippen molar-refractivity contribution >= 4 is 65.4 Å². The molecule has 47 heavy (non-hydrogen) atoms. The summed E-state index contributed by atoms with van der Waals surface area (Å²) < 4.78 is 2.24. The number of hydrogen-bond donors (Lipinski definition) is 1. The van der Waals surface area contributed by atoms with Gasteiger partial charge in [-0.2, -0.15) is 0 Å². The van der Waals surface area contributed by atoms with Gasteiger partial charge in [-0.1, -0.05) is 84.9 Å². The molecule has 0 fully saturated rings. The zero-order chi connectivity index (χ0) is 30.9. The van der Waals surface area contributed by atoms with Crippen LogP contribution in [0.5, 0.6) is 0 Å². The second kappa shape index (κ2) is 10.1. The molecule has 5 heterocycles. The highest BCUT2D eigenvalue weighted by atomic mass is 15.1. The first-order valence-electron chi connectivity index (χ1n) is 15.9. The highest BCUT2D eigenvalue weighted by Crippen LogP contribution is 2.40. The standard InChI is InChI=1S/C42H27N5/c1-2-12-38-31(9-1)33-25-43-22-20-39(33)47(38)40-13-6-11-34(46-40)29-23-36(45-37(24-29)35-10-3-4-21-44-35)30-18-16-28-15-14-26-7-5-8-27-17-19-32(30)42(28)41(26)27/h1-25,37,45H. The van der Waals surface area contributed by atoms with E-state index in [4.69, 9.17) is 9.97 Å². The molecule has 0 saturated heterocycles. The predicted molar refractivity (Wildman–Crippen MR) is 193 cm³/mol. The third-order valence-corrected chi connectivity index (χ3v) is 9.52. The lowest BCUT2D eigenvalue weighted by Crippen LogP contribution is -2.23. The molecule has 1 unspecified atom stereocenters. The van der Waals surface area contributed by atoms with Crippen LogP contribution in [0.25, 0.3) is 71.2 Å². The maximum Gasteiger partial charge on any atom is 0.138 e. The number of nitrogens with one attached hydrogen (secondary N) is 1. The third-order valence-electron chi connectivity index (χ3n) is 9.52. The molecule has 1 aliphatic rings. The molecule has 5 aromatic carbocycles. The van der Waals surface area contributed by atoms with E-state index in [2.05, 4.69) is 136 Å². The molecule has 1 atom stereocenters. The fourth-order valence-electron chi connectivity index (χ4n) is 7.41. The molecule has 0 amide bonds. The van der Waals surface area contributed by atoms with Crippen LogP contribution in [-0.2, 0) is 0 Å². The first-order chi connectivity index (χ1) is 23.3. The van der Waals surface area contributed by atoms with E-state index in [1.54, 1.807) is 0 Å². The Kier molecular flexibility index (Phi) is 5.57. The lowest BCUT2D eigenvalue weighted by Gasteiger charge is -2.26. The number of dihydropyridines is 1. The van der Waals surface area contributed by atoms with Crippen LogP contribution >= 0.6 is 0 Å². The monoisotopic (exact) mass is 601 g/mol. The Morgan fingerprint density at radius 1 is 0.596 bits per heavy atom. The zero-order valence-corrected chi connectivity index (χ0v) is 25.3. The van der Waals surface area contributed by atoms with Gasteiger partial charge in [0.15, 0.2) is 0 Å². The van der Waals surface area contributed by atoms with E-state index < -0.39 is 0 Å². The summed E-state index contributed by atoms with van der Waals surface area (Å²) in [4.78, 5) is 14.5. The molecule has 0 aliphatic carbocycles. The summed E-state index contributed by atoms with van der Waals surface area (Å²) in [7, 11) is 0. The summed E-state index contributed by atoms with van der Waals surface area (Å²) in [6, 6.07) is 42.8. The number of rotatable bonds is 4. The smallest absolute Gasteiger partial charge is 0.138 e. The van der Waals surface area contributed by atoms with Gasteiger partial charge in [0.05, 0.1) is 28.5 Å². The largest absolute Gasteiger partial charge is 0.373 e. The van der Waals surface area contributed by atoms with Crippen molar-refractivity contribution in [3.8, 4) is 5.82 Å². The van der Waals surface area contributed by atoms with Gasteiger partial charge in [0.25, 0.3) is 0 Å². The molecule has 0 spiro atoms. The molecule has 4 aromatic heterocycles. The lowest BCUT2D eigenvalue weighted by atomic mass is 9.89. The molecular weight excluding hydrogens is 574 g/mol. The molecule has 5 heteroatoms. The first-order valence-corrected chi connectivity index (χ1v) is 15.9. The van der Waals surface area contributed by atoms with Crippen molar-refractivity contribution in [3.05, 3.63) is 169 Å². The van der Waals surface area contributed by atoms with Crippen LogP contribution in [-0.4, -0.2) is 19.5 Å². The third kappa shape index (κ3) is 4.00. The van der Waals surface area contributed by atoms with Gasteiger partial charge in [-0.05, 0) is 80.9 Å². The van der Waals surface area contributed by atoms with Crippen LogP contribution < -0.4 is 5.32 Å². The summed E-state index contributed by atoms with van der Waals surface area (Å²) >= 11 is 0. The van der Waals surface area contributed by atoms with Gasteiger partial charge in [-0.3, -0.25) is 14.5 Å². The second-order valence-electron chi connectivity index (χ2n) is 12.2. The van der Waals surface area contributed by atoms with E-state index in [-0.39, 0.29) is 6.04 Å². The summed E-state index contributed by atoms with van der Waals surface area (Å²) in [6.45, 7) is 0. The van der Waals surface area contributed by atoms with Gasteiger partial charge in [-0.25, -0.2) is 4.98 Å². The SMILES string of the molecule is C1=C(c2cccc(-n3c4ccccc4c4cnccc43)n2)C=C(c2ccc3ccc4cccc5ccc2c3c45)NC1c1ccccn1. The van der Waals surface area contributed by atoms with Crippen molar-refractivity contribution in [3.63, 3.8) is 0 Å². The van der Waals surface area contributed by atoms with Gasteiger partial charge < -0.3 is 5.32 Å². The molecule has 1 aliphatic heterocycles. The van der Waals surface area contributed by atoms with Crippen LogP contribution in [0, 0.1) is 0 Å². The van der Waals surface area contributed by atoms with Gasteiger partial charge >= 0.3 is 0 Å². The number of para-hydroxylation sites is 1. The first kappa shape index (κ1) is 25.9. The summed E-state index contributed by atoms with van der Waals surface area (Å²) in [5, 5.41) is 13.7. The van der Waals surface area contributed by atoms with Crippen molar-refractivity contribution in [1.82, 2.24) is 24.8 Å². The molecule has 10 rings (SSSR count). The minimum Gasteiger partial charge on any atom is -0.373 e. The molecule has 0 saturated carbocycles. The number of aromatic nitrogens is 4. The Morgan fingerprint density at radius 2 is 1.38 bits per heavy atom. The Labute approximate surface area is 270 Å². The van der Waals surface area contributed by atoms with E-state index in [1.807, 2.05) is 30.7 Å². The number of allylic oxidation sites excluding steroid dienone is 2. The fraction of sp³-hybridized carbons (Fsp3) is 0.0238. The Bertz CT molecular complexity index is 2650. The van der Waals surface area contributed by atoms with E-state index in [0.717, 1.165) is 55.8 Å². The molecule has 9 aromatic rings. The van der Waals surface area contributed by atoms with Crippen molar-refractivity contribution in [1.29, 1.82) is 0 Å². The van der Waals surface area contributed by atoms with E-state index in [0.29, 0.717) is 0 Å². The second-order valence-corrected chi connectivity index (χ2v) is 12.2. The van der Waals surface area contributed by atoms with Crippen LogP contribution in [0.3, 0.4) is 0 Å². The summed E-state index contributed by atoms with van der Waals surface area (Å²) in [5.41, 5.74) is 7.31. The Hall–Kier alpha value is -6.33. The number of benzene rings is 5. The van der Waals surface area contributed by atoms with E-state index >= 15 is 0 Å². The average molecular weight is 602 g/mol. The number of fused-ring (bicyclic) bond motifs is 3. The minimum atomic E-state index is -0.130. The molecule has 0 radical (unpaired) electrons. The molecule has 1 N–H and O–H groups in total. The maximum atomic E-state index is 5.31. The Balaban J connectivity index is 1.17. The highest BCUT2D eigenvalue weighted by Gasteiger charge is 2.22. The topological polar surface area (TPSA) is 55.6 Å². The average Bonchev–Trinajstić information content (AvgIpc) is 3.48. The number of hydrogen-bond acceptors (Lipinski definition) is 4. The normalized spacial score (nSPS) is 15.0. The van der Waals surface area contributed by atoms with Gasteiger partial charge in [-0.15, -0.1) is 0 Å². The minimum absolute atomic E-state index is 0.130. The number of nitrogens with zero attached hydrogens (tertiary/aromatic N) is 4. The van der Waals surface area contributed by atoms with Crippen molar-refractivity contribution in [2.45, 2.75) is 6.04 Å². The quantitative estimate of drug-likeness (QED) is 0.204. The lowest BCUT2D eigenvalue weighted by molar-refractivity contribution is 0.739. The summed E-state index contributed by atoms with van der Waals surface area (Å²) in [5.74, 6) is 0.867. The van der Waals surface area contributed by atoms with Crippen molar-refractivity contribution in [2.24, 2.45) is 0 Å². The van der Waals surface area contributed by atoms with Crippen LogP contribution in [0.2, 0.25) is 0 Å².